The van der Waals surface area contributed by atoms with Gasteiger partial charge in [0.2, 0.25) is 0 Å². The third kappa shape index (κ3) is 3.68. The summed E-state index contributed by atoms with van der Waals surface area (Å²) in [4.78, 5) is 4.96. The number of rotatable bonds is 3. The Balaban J connectivity index is 0.00000245. The maximum Gasteiger partial charge on any atom is 1.00 e. The minimum absolute atomic E-state index is 0. The molecule has 2 aromatic heterocycles. The van der Waals surface area contributed by atoms with Crippen LogP contribution in [0.25, 0.3) is 38.6 Å². The first-order valence-electron chi connectivity index (χ1n) is 11.2. The van der Waals surface area contributed by atoms with Crippen LogP contribution in [0.15, 0.2) is 54.7 Å². The summed E-state index contributed by atoms with van der Waals surface area (Å²) in [7, 11) is 0. The Labute approximate surface area is 233 Å². The topological polar surface area (TPSA) is 17.3 Å². The fourth-order valence-corrected chi connectivity index (χ4v) is 4.84. The first kappa shape index (κ1) is 23.7. The van der Waals surface area contributed by atoms with E-state index in [4.69, 9.17) is 4.98 Å². The minimum Gasteiger partial charge on any atom is -0.333 e. The largest absolute Gasteiger partial charge is 1.00 e. The van der Waals surface area contributed by atoms with Crippen LogP contribution < -0.4 is 51.4 Å². The molecular formula is C29H29KN2. The van der Waals surface area contributed by atoms with Gasteiger partial charge in [-0.3, -0.25) is 4.98 Å². The summed E-state index contributed by atoms with van der Waals surface area (Å²) in [5.74, 6) is 0.864. The van der Waals surface area contributed by atoms with E-state index in [2.05, 4.69) is 101 Å². The molecule has 0 aliphatic heterocycles. The van der Waals surface area contributed by atoms with Gasteiger partial charge < -0.3 is 4.40 Å². The van der Waals surface area contributed by atoms with Crippen molar-refractivity contribution in [2.45, 2.75) is 53.4 Å². The van der Waals surface area contributed by atoms with Crippen molar-refractivity contribution in [1.29, 1.82) is 0 Å². The van der Waals surface area contributed by atoms with E-state index in [-0.39, 0.29) is 51.4 Å². The van der Waals surface area contributed by atoms with Crippen LogP contribution in [0.3, 0.4) is 0 Å². The molecule has 0 saturated heterocycles. The Morgan fingerprint density at radius 3 is 2.16 bits per heavy atom. The average Bonchev–Trinajstić information content (AvgIpc) is 3.19. The maximum absolute atomic E-state index is 4.96. The van der Waals surface area contributed by atoms with Crippen molar-refractivity contribution in [3.63, 3.8) is 0 Å². The van der Waals surface area contributed by atoms with Gasteiger partial charge in [0.25, 0.3) is 0 Å². The smallest absolute Gasteiger partial charge is 0.333 e. The number of imidazole rings is 1. The molecule has 3 aromatic carbocycles. The van der Waals surface area contributed by atoms with Crippen molar-refractivity contribution in [1.82, 2.24) is 9.38 Å². The zero-order valence-electron chi connectivity index (χ0n) is 20.2. The van der Waals surface area contributed by atoms with Crippen molar-refractivity contribution >= 4 is 27.3 Å². The van der Waals surface area contributed by atoms with E-state index in [1.54, 1.807) is 0 Å². The third-order valence-corrected chi connectivity index (χ3v) is 6.61. The summed E-state index contributed by atoms with van der Waals surface area (Å²) in [6, 6.07) is 21.1. The van der Waals surface area contributed by atoms with E-state index in [0.29, 0.717) is 11.8 Å². The quantitative estimate of drug-likeness (QED) is 0.218. The number of nitrogens with zero attached hydrogens (tertiary/aromatic N) is 2. The van der Waals surface area contributed by atoms with E-state index in [0.717, 1.165) is 11.0 Å². The molecule has 0 spiro atoms. The van der Waals surface area contributed by atoms with Gasteiger partial charge in [-0.1, -0.05) is 57.3 Å². The second-order valence-corrected chi connectivity index (χ2v) is 9.34. The molecule has 0 amide bonds. The first-order valence-corrected chi connectivity index (χ1v) is 11.2. The Hall–Kier alpha value is -1.49. The minimum atomic E-state index is 0. The number of benzene rings is 3. The van der Waals surface area contributed by atoms with E-state index in [1.807, 2.05) is 6.07 Å². The predicted molar refractivity (Wildman–Crippen MR) is 132 cm³/mol. The van der Waals surface area contributed by atoms with Gasteiger partial charge in [-0.2, -0.15) is 0 Å². The first-order chi connectivity index (χ1) is 14.9. The molecule has 32 heavy (non-hydrogen) atoms. The van der Waals surface area contributed by atoms with Crippen molar-refractivity contribution < 1.29 is 51.4 Å². The predicted octanol–water partition coefficient (Wildman–Crippen LogP) is 4.98. The van der Waals surface area contributed by atoms with Crippen LogP contribution in [0, 0.1) is 19.9 Å². The molecule has 0 radical (unpaired) electrons. The van der Waals surface area contributed by atoms with Crippen molar-refractivity contribution in [2.75, 3.05) is 0 Å². The number of fused-ring (bicyclic) bond motifs is 6. The zero-order valence-corrected chi connectivity index (χ0v) is 23.4. The summed E-state index contributed by atoms with van der Waals surface area (Å²) in [6.07, 6.45) is 2.07. The fraction of sp³-hybridized carbons (Fsp3) is 0.276. The Morgan fingerprint density at radius 2 is 1.50 bits per heavy atom. The van der Waals surface area contributed by atoms with Gasteiger partial charge >= 0.3 is 51.4 Å². The number of pyridine rings is 1. The second-order valence-electron chi connectivity index (χ2n) is 9.34. The van der Waals surface area contributed by atoms with Crippen LogP contribution in [-0.2, 0) is 0 Å². The Morgan fingerprint density at radius 1 is 0.844 bits per heavy atom. The second kappa shape index (κ2) is 9.04. The van der Waals surface area contributed by atoms with E-state index in [1.165, 1.54) is 49.8 Å². The van der Waals surface area contributed by atoms with Gasteiger partial charge in [0.1, 0.15) is 0 Å². The van der Waals surface area contributed by atoms with Crippen molar-refractivity contribution in [3.05, 3.63) is 83.0 Å². The Kier molecular flexibility index (Phi) is 6.68. The number of hydrogen-bond donors (Lipinski definition) is 0. The van der Waals surface area contributed by atoms with Crippen LogP contribution in [0.4, 0.5) is 0 Å². The van der Waals surface area contributed by atoms with Gasteiger partial charge in [-0.05, 0) is 59.4 Å². The molecule has 0 bridgehead atoms. The van der Waals surface area contributed by atoms with Crippen LogP contribution in [0.2, 0.25) is 0 Å². The molecule has 0 saturated carbocycles. The monoisotopic (exact) mass is 444 g/mol. The molecule has 0 unspecified atom stereocenters. The van der Waals surface area contributed by atoms with Crippen LogP contribution in [0.1, 0.15) is 61.8 Å². The van der Waals surface area contributed by atoms with Crippen molar-refractivity contribution in [3.8, 4) is 11.3 Å². The summed E-state index contributed by atoms with van der Waals surface area (Å²) >= 11 is 0. The van der Waals surface area contributed by atoms with Gasteiger partial charge in [0.05, 0.1) is 11.3 Å². The molecule has 0 N–H and O–H groups in total. The standard InChI is InChI=1S/C29H29N2.K/c1-17(2)21-12-9-13-22(18(3)4)28(21)27-16-30-29-24-11-8-7-10-23(24)25-14-19(5)20(6)15-26(25)31(27)29;/h7-10,12-18H,1-6H3;/q-1;+1. The molecule has 5 aromatic rings. The molecule has 0 fully saturated rings. The number of hydrogen-bond acceptors (Lipinski definition) is 1. The molecule has 3 heteroatoms. The van der Waals surface area contributed by atoms with Crippen LogP contribution in [0.5, 0.6) is 0 Å². The van der Waals surface area contributed by atoms with Crippen LogP contribution >= 0.6 is 0 Å². The van der Waals surface area contributed by atoms with Gasteiger partial charge in [-0.15, -0.1) is 29.7 Å². The average molecular weight is 445 g/mol. The van der Waals surface area contributed by atoms with Gasteiger partial charge in [-0.25, -0.2) is 0 Å². The Bertz CT molecular complexity index is 1430. The molecule has 156 valence electrons. The summed E-state index contributed by atoms with van der Waals surface area (Å²) in [5, 5.41) is 3.55. The van der Waals surface area contributed by atoms with Gasteiger partial charge in [0.15, 0.2) is 0 Å². The van der Waals surface area contributed by atoms with Gasteiger partial charge in [0, 0.05) is 17.3 Å². The normalized spacial score (nSPS) is 11.8. The fourth-order valence-electron chi connectivity index (χ4n) is 4.84. The molecule has 0 aliphatic carbocycles. The third-order valence-electron chi connectivity index (χ3n) is 6.61. The summed E-state index contributed by atoms with van der Waals surface area (Å²) < 4.78 is 2.37. The van der Waals surface area contributed by atoms with E-state index < -0.39 is 0 Å². The molecule has 0 atom stereocenters. The molecule has 2 heterocycles. The number of aryl methyl sites for hydroxylation is 2. The van der Waals surface area contributed by atoms with E-state index in [9.17, 15) is 0 Å². The molecule has 5 rings (SSSR count). The summed E-state index contributed by atoms with van der Waals surface area (Å²) in [5.41, 5.74) is 10.1. The molecule has 0 aliphatic rings. The van der Waals surface area contributed by atoms with Crippen LogP contribution in [-0.4, -0.2) is 9.38 Å². The van der Waals surface area contributed by atoms with E-state index >= 15 is 0 Å². The molecule has 2 nitrogen and oxygen atoms in total. The maximum atomic E-state index is 4.96. The SMILES string of the molecule is Cc1cc2c3ccc[c-]c3c3ncc(-c4c(C(C)C)cccc4C(C)C)n3c2cc1C.[K+]. The zero-order chi connectivity index (χ0) is 21.9. The summed E-state index contributed by atoms with van der Waals surface area (Å²) in [6.45, 7) is 13.5. The van der Waals surface area contributed by atoms with Crippen molar-refractivity contribution in [2.24, 2.45) is 0 Å². The molecular weight excluding hydrogens is 415 g/mol. The number of aromatic nitrogens is 2.